The fourth-order valence-corrected chi connectivity index (χ4v) is 3.57. The van der Waals surface area contributed by atoms with E-state index < -0.39 is 10.0 Å². The molecule has 2 aliphatic rings. The fourth-order valence-electron chi connectivity index (χ4n) is 3.00. The van der Waals surface area contributed by atoms with Crippen molar-refractivity contribution in [1.82, 2.24) is 19.4 Å². The zero-order valence-electron chi connectivity index (χ0n) is 13.5. The maximum absolute atomic E-state index is 12.5. The summed E-state index contributed by atoms with van der Waals surface area (Å²) in [7, 11) is -3.22. The van der Waals surface area contributed by atoms with Gasteiger partial charge in [0, 0.05) is 19.0 Å². The van der Waals surface area contributed by atoms with E-state index in [2.05, 4.69) is 9.82 Å². The Bertz CT molecular complexity index is 679. The molecule has 0 bridgehead atoms. The number of sulfonamides is 1. The van der Waals surface area contributed by atoms with Crippen molar-refractivity contribution in [3.63, 3.8) is 0 Å². The molecule has 0 atom stereocenters. The highest BCUT2D eigenvalue weighted by Gasteiger charge is 2.30. The van der Waals surface area contributed by atoms with Gasteiger partial charge in [0.1, 0.15) is 0 Å². The molecule has 0 spiro atoms. The third kappa shape index (κ3) is 3.74. The Morgan fingerprint density at radius 2 is 2.13 bits per heavy atom. The van der Waals surface area contributed by atoms with Crippen molar-refractivity contribution in [2.24, 2.45) is 5.92 Å². The van der Waals surface area contributed by atoms with Gasteiger partial charge in [-0.05, 0) is 32.3 Å². The normalized spacial score (nSPS) is 19.1. The zero-order valence-corrected chi connectivity index (χ0v) is 14.3. The second-order valence-corrected chi connectivity index (χ2v) is 8.41. The molecule has 1 aromatic heterocycles. The molecule has 128 valence electrons. The Morgan fingerprint density at radius 3 is 2.78 bits per heavy atom. The summed E-state index contributed by atoms with van der Waals surface area (Å²) in [6.45, 7) is 3.92. The summed E-state index contributed by atoms with van der Waals surface area (Å²) in [6, 6.07) is 1.91. The zero-order chi connectivity index (χ0) is 16.4. The van der Waals surface area contributed by atoms with E-state index >= 15 is 0 Å². The average Bonchev–Trinajstić information content (AvgIpc) is 2.74. The van der Waals surface area contributed by atoms with E-state index in [4.69, 9.17) is 0 Å². The van der Waals surface area contributed by atoms with Gasteiger partial charge in [-0.1, -0.05) is 6.42 Å². The van der Waals surface area contributed by atoms with Crippen LogP contribution in [0.4, 0.5) is 0 Å². The van der Waals surface area contributed by atoms with E-state index in [-0.39, 0.29) is 24.1 Å². The van der Waals surface area contributed by atoms with Crippen molar-refractivity contribution in [2.45, 2.75) is 52.2 Å². The molecule has 3 rings (SSSR count). The highest BCUT2D eigenvalue weighted by Crippen LogP contribution is 2.29. The SMILES string of the molecule is CCS(=O)(=O)NCc1cc2n(n1)CCCN(C(=O)C1CCC1)C2. The molecule has 2 heterocycles. The van der Waals surface area contributed by atoms with Crippen LogP contribution < -0.4 is 4.72 Å². The van der Waals surface area contributed by atoms with Crippen molar-refractivity contribution in [2.75, 3.05) is 12.3 Å². The molecule has 23 heavy (non-hydrogen) atoms. The molecular weight excluding hydrogens is 316 g/mol. The number of aryl methyl sites for hydroxylation is 1. The summed E-state index contributed by atoms with van der Waals surface area (Å²) in [4.78, 5) is 14.4. The van der Waals surface area contributed by atoms with Gasteiger partial charge in [-0.3, -0.25) is 9.48 Å². The Kier molecular flexibility index (Phi) is 4.72. The van der Waals surface area contributed by atoms with Gasteiger partial charge in [-0.15, -0.1) is 0 Å². The topological polar surface area (TPSA) is 84.3 Å². The molecule has 0 aromatic carbocycles. The minimum absolute atomic E-state index is 0.0598. The lowest BCUT2D eigenvalue weighted by molar-refractivity contribution is -0.138. The van der Waals surface area contributed by atoms with E-state index in [1.54, 1.807) is 6.92 Å². The summed E-state index contributed by atoms with van der Waals surface area (Å²) in [5, 5.41) is 4.47. The van der Waals surface area contributed by atoms with Gasteiger partial charge in [0.25, 0.3) is 0 Å². The lowest BCUT2D eigenvalue weighted by Gasteiger charge is -2.30. The molecule has 1 aliphatic carbocycles. The Hall–Kier alpha value is -1.41. The number of carbonyl (C=O) groups is 1. The number of aromatic nitrogens is 2. The highest BCUT2D eigenvalue weighted by atomic mass is 32.2. The van der Waals surface area contributed by atoms with Crippen LogP contribution in [0.15, 0.2) is 6.07 Å². The second kappa shape index (κ2) is 6.60. The molecule has 1 amide bonds. The lowest BCUT2D eigenvalue weighted by atomic mass is 9.84. The Labute approximate surface area is 137 Å². The first kappa shape index (κ1) is 16.4. The van der Waals surface area contributed by atoms with Gasteiger partial charge in [0.2, 0.25) is 15.9 Å². The van der Waals surface area contributed by atoms with Crippen LogP contribution in [0.3, 0.4) is 0 Å². The molecule has 7 nitrogen and oxygen atoms in total. The fraction of sp³-hybridized carbons (Fsp3) is 0.733. The highest BCUT2D eigenvalue weighted by molar-refractivity contribution is 7.89. The van der Waals surface area contributed by atoms with Gasteiger partial charge >= 0.3 is 0 Å². The Balaban J connectivity index is 1.67. The van der Waals surface area contributed by atoms with Gasteiger partial charge in [0.05, 0.1) is 30.2 Å². The van der Waals surface area contributed by atoms with Crippen molar-refractivity contribution < 1.29 is 13.2 Å². The van der Waals surface area contributed by atoms with Crippen molar-refractivity contribution in [3.8, 4) is 0 Å². The van der Waals surface area contributed by atoms with Crippen LogP contribution in [0, 0.1) is 5.92 Å². The number of hydrogen-bond acceptors (Lipinski definition) is 4. The first-order valence-corrected chi connectivity index (χ1v) is 9.95. The van der Waals surface area contributed by atoms with Crippen LogP contribution in [-0.2, 0) is 34.5 Å². The maximum atomic E-state index is 12.5. The molecule has 1 fully saturated rings. The van der Waals surface area contributed by atoms with E-state index in [0.717, 1.165) is 44.5 Å². The molecule has 0 saturated heterocycles. The quantitative estimate of drug-likeness (QED) is 0.861. The molecule has 1 aliphatic heterocycles. The van der Waals surface area contributed by atoms with Crippen molar-refractivity contribution in [1.29, 1.82) is 0 Å². The first-order chi connectivity index (χ1) is 11.0. The molecule has 1 saturated carbocycles. The van der Waals surface area contributed by atoms with E-state index in [0.29, 0.717) is 12.2 Å². The number of hydrogen-bond donors (Lipinski definition) is 1. The lowest BCUT2D eigenvalue weighted by Crippen LogP contribution is -2.38. The smallest absolute Gasteiger partial charge is 0.226 e. The van der Waals surface area contributed by atoms with Crippen LogP contribution in [0.25, 0.3) is 0 Å². The monoisotopic (exact) mass is 340 g/mol. The number of amides is 1. The summed E-state index contributed by atoms with van der Waals surface area (Å²) in [6.07, 6.45) is 4.06. The molecular formula is C15H24N4O3S. The van der Waals surface area contributed by atoms with Crippen LogP contribution in [0.2, 0.25) is 0 Å². The molecule has 1 aromatic rings. The van der Waals surface area contributed by atoms with Crippen LogP contribution >= 0.6 is 0 Å². The maximum Gasteiger partial charge on any atom is 0.226 e. The van der Waals surface area contributed by atoms with Gasteiger partial charge in [0.15, 0.2) is 0 Å². The van der Waals surface area contributed by atoms with E-state index in [1.807, 2.05) is 15.6 Å². The number of fused-ring (bicyclic) bond motifs is 1. The summed E-state index contributed by atoms with van der Waals surface area (Å²) in [5.74, 6) is 0.531. The van der Waals surface area contributed by atoms with Crippen molar-refractivity contribution >= 4 is 15.9 Å². The van der Waals surface area contributed by atoms with Crippen LogP contribution in [0.5, 0.6) is 0 Å². The van der Waals surface area contributed by atoms with E-state index in [1.165, 1.54) is 0 Å². The first-order valence-electron chi connectivity index (χ1n) is 8.30. The number of nitrogens with one attached hydrogen (secondary N) is 1. The predicted molar refractivity (Wildman–Crippen MR) is 85.9 cm³/mol. The third-order valence-electron chi connectivity index (χ3n) is 4.68. The summed E-state index contributed by atoms with van der Waals surface area (Å²) in [5.41, 5.74) is 1.69. The molecule has 1 N–H and O–H groups in total. The Morgan fingerprint density at radius 1 is 1.35 bits per heavy atom. The van der Waals surface area contributed by atoms with Crippen molar-refractivity contribution in [3.05, 3.63) is 17.5 Å². The predicted octanol–water partition coefficient (Wildman–Crippen LogP) is 0.855. The summed E-state index contributed by atoms with van der Waals surface area (Å²) < 4.78 is 27.5. The van der Waals surface area contributed by atoms with Crippen LogP contribution in [-0.4, -0.2) is 41.3 Å². The minimum Gasteiger partial charge on any atom is -0.337 e. The molecule has 8 heteroatoms. The standard InChI is InChI=1S/C15H24N4O3S/c1-2-23(21,22)16-10-13-9-14-11-18(7-4-8-19(14)17-13)15(20)12-5-3-6-12/h9,12,16H,2-8,10-11H2,1H3. The average molecular weight is 340 g/mol. The van der Waals surface area contributed by atoms with Gasteiger partial charge < -0.3 is 4.90 Å². The number of nitrogens with zero attached hydrogens (tertiary/aromatic N) is 3. The van der Waals surface area contributed by atoms with E-state index in [9.17, 15) is 13.2 Å². The van der Waals surface area contributed by atoms with Gasteiger partial charge in [-0.25, -0.2) is 13.1 Å². The minimum atomic E-state index is -3.22. The second-order valence-electron chi connectivity index (χ2n) is 6.32. The van der Waals surface area contributed by atoms with Gasteiger partial charge in [-0.2, -0.15) is 5.10 Å². The largest absolute Gasteiger partial charge is 0.337 e. The number of rotatable bonds is 5. The number of carbonyl (C=O) groups excluding carboxylic acids is 1. The third-order valence-corrected chi connectivity index (χ3v) is 6.03. The summed E-state index contributed by atoms with van der Waals surface area (Å²) >= 11 is 0. The molecule has 0 radical (unpaired) electrons. The molecule has 0 unspecified atom stereocenters. The van der Waals surface area contributed by atoms with Crippen LogP contribution in [0.1, 0.15) is 44.0 Å².